The Bertz CT molecular complexity index is 46.0. The van der Waals surface area contributed by atoms with Crippen molar-refractivity contribution in [2.24, 2.45) is 0 Å². The molecule has 7 heteroatoms. The molecule has 0 aliphatic carbocycles. The van der Waals surface area contributed by atoms with Crippen molar-refractivity contribution in [2.45, 2.75) is 0 Å². The van der Waals surface area contributed by atoms with Crippen LogP contribution in [-0.2, 0) is 0 Å². The van der Waals surface area contributed by atoms with Crippen molar-refractivity contribution in [1.29, 1.82) is 5.26 Å². The van der Waals surface area contributed by atoms with Crippen LogP contribution in [0.4, 0.5) is 0 Å². The van der Waals surface area contributed by atoms with Gasteiger partial charge in [-0.3, -0.25) is 0 Å². The predicted molar refractivity (Wildman–Crippen MR) is 21.3 cm³/mol. The molecule has 0 spiro atoms. The average Bonchev–Trinajstić information content (AvgIpc) is 1.41. The Morgan fingerprint density at radius 1 is 1.12 bits per heavy atom. The van der Waals surface area contributed by atoms with Crippen molar-refractivity contribution >= 4 is 7.32 Å². The Morgan fingerprint density at radius 2 is 1.12 bits per heavy atom. The van der Waals surface area contributed by atoms with E-state index >= 15 is 0 Å². The molecule has 0 fully saturated rings. The van der Waals surface area contributed by atoms with Crippen molar-refractivity contribution in [1.82, 2.24) is 0 Å². The zero-order valence-electron chi connectivity index (χ0n) is 6.94. The van der Waals surface area contributed by atoms with E-state index in [1.54, 1.807) is 0 Å². The van der Waals surface area contributed by atoms with Crippen molar-refractivity contribution in [2.75, 3.05) is 0 Å². The van der Waals surface area contributed by atoms with Crippen molar-refractivity contribution in [3.8, 4) is 6.57 Å². The van der Waals surface area contributed by atoms with Crippen LogP contribution < -0.4 is 59.1 Å². The monoisotopic (exact) mass is 137 g/mol. The maximum atomic E-state index is 7.17. The number of hydrogen-bond acceptors (Lipinski definition) is 4. The minimum atomic E-state index is -2.17. The topological polar surface area (TPSA) is 84.5 Å². The second kappa shape index (κ2) is 23.7. The molecule has 0 aromatic heterocycles. The quantitative estimate of drug-likeness (QED) is 0.289. The standard InChI is InChI=1S/CHN.BH3O3.2Na.2H/c1-2;2-1(3)4;;;;/h1H;2-4H;;;;/q;;2*+1;2*-1. The maximum absolute atomic E-state index is 7.17. The molecule has 0 aliphatic heterocycles. The summed E-state index contributed by atoms with van der Waals surface area (Å²) < 4.78 is 0. The average molecular weight is 137 g/mol. The molecule has 8 heavy (non-hydrogen) atoms. The summed E-state index contributed by atoms with van der Waals surface area (Å²) in [6.07, 6.45) is 0. The number of nitrogens with zero attached hydrogens (tertiary/aromatic N) is 1. The van der Waals surface area contributed by atoms with E-state index in [1.807, 2.05) is 0 Å². The molecule has 0 atom stereocenters. The summed E-state index contributed by atoms with van der Waals surface area (Å²) in [6, 6.07) is 0. The van der Waals surface area contributed by atoms with Crippen molar-refractivity contribution in [3.63, 3.8) is 0 Å². The number of rotatable bonds is 0. The van der Waals surface area contributed by atoms with Crippen molar-refractivity contribution < 1.29 is 77.0 Å². The smallest absolute Gasteiger partial charge is 1.00 e. The zero-order chi connectivity index (χ0) is 5.58. The first-order valence-corrected chi connectivity index (χ1v) is 1.03. The van der Waals surface area contributed by atoms with E-state index in [0.29, 0.717) is 0 Å². The van der Waals surface area contributed by atoms with E-state index in [4.69, 9.17) is 20.3 Å². The molecule has 0 aromatic rings. The van der Waals surface area contributed by atoms with Crippen LogP contribution in [0.3, 0.4) is 0 Å². The van der Waals surface area contributed by atoms with Gasteiger partial charge in [0.05, 0.1) is 0 Å². The third-order valence-electron chi connectivity index (χ3n) is 0. The predicted octanol–water partition coefficient (Wildman–Crippen LogP) is -7.68. The van der Waals surface area contributed by atoms with Gasteiger partial charge in [-0.1, -0.05) is 0 Å². The van der Waals surface area contributed by atoms with Crippen LogP contribution in [0.1, 0.15) is 2.85 Å². The molecule has 0 radical (unpaired) electrons. The molecule has 0 amide bonds. The van der Waals surface area contributed by atoms with Crippen LogP contribution in [0.2, 0.25) is 0 Å². The van der Waals surface area contributed by atoms with Gasteiger partial charge in [0.1, 0.15) is 0 Å². The summed E-state index contributed by atoms with van der Waals surface area (Å²) in [5, 5.41) is 28.0. The normalized spacial score (nSPS) is 3.62. The van der Waals surface area contributed by atoms with E-state index in [9.17, 15) is 0 Å². The van der Waals surface area contributed by atoms with Crippen LogP contribution in [0, 0.1) is 11.8 Å². The van der Waals surface area contributed by atoms with Gasteiger partial charge >= 0.3 is 66.4 Å². The molecule has 38 valence electrons. The van der Waals surface area contributed by atoms with Crippen LogP contribution in [-0.4, -0.2) is 22.4 Å². The molecule has 0 saturated carbocycles. The summed E-state index contributed by atoms with van der Waals surface area (Å²) in [4.78, 5) is 0. The van der Waals surface area contributed by atoms with Crippen LogP contribution >= 0.6 is 0 Å². The Morgan fingerprint density at radius 3 is 1.12 bits per heavy atom. The van der Waals surface area contributed by atoms with Gasteiger partial charge in [0.15, 0.2) is 0 Å². The van der Waals surface area contributed by atoms with Crippen LogP contribution in [0.5, 0.6) is 0 Å². The summed E-state index contributed by atoms with van der Waals surface area (Å²) >= 11 is 0. The molecular weight excluding hydrogens is 131 g/mol. The van der Waals surface area contributed by atoms with E-state index in [2.05, 4.69) is 6.57 Å². The van der Waals surface area contributed by atoms with E-state index in [1.165, 1.54) is 0 Å². The second-order valence-corrected chi connectivity index (χ2v) is 0.346. The van der Waals surface area contributed by atoms with E-state index in [-0.39, 0.29) is 62.0 Å². The van der Waals surface area contributed by atoms with Crippen LogP contribution in [0.15, 0.2) is 0 Å². The number of hydrogen-bond donors (Lipinski definition) is 3. The van der Waals surface area contributed by atoms with E-state index < -0.39 is 7.32 Å². The molecule has 3 N–H and O–H groups in total. The minimum Gasteiger partial charge on any atom is -1.00 e. The third-order valence-corrected chi connectivity index (χ3v) is 0. The van der Waals surface area contributed by atoms with Gasteiger partial charge in [0, 0.05) is 6.57 Å². The fourth-order valence-electron chi connectivity index (χ4n) is 0. The Hall–Kier alpha value is 1.43. The van der Waals surface area contributed by atoms with Gasteiger partial charge in [0.2, 0.25) is 0 Å². The molecular formula is CH6BNNa2O3. The van der Waals surface area contributed by atoms with Gasteiger partial charge in [0.25, 0.3) is 0 Å². The summed E-state index contributed by atoms with van der Waals surface area (Å²) in [6.45, 7) is 3.50. The molecule has 0 rings (SSSR count). The first-order chi connectivity index (χ1) is 2.73. The van der Waals surface area contributed by atoms with Gasteiger partial charge in [-0.05, 0) is 0 Å². The Balaban J connectivity index is -0.00000000625. The van der Waals surface area contributed by atoms with Gasteiger partial charge < -0.3 is 17.9 Å². The third kappa shape index (κ3) is 150. The molecule has 0 bridgehead atoms. The Labute approximate surface area is 95.2 Å². The Kier molecular flexibility index (Phi) is 67.3. The second-order valence-electron chi connectivity index (χ2n) is 0.346. The molecule has 0 unspecified atom stereocenters. The van der Waals surface area contributed by atoms with Gasteiger partial charge in [-0.25, -0.2) is 5.26 Å². The fourth-order valence-corrected chi connectivity index (χ4v) is 0. The molecule has 0 aliphatic rings. The van der Waals surface area contributed by atoms with Crippen molar-refractivity contribution in [3.05, 3.63) is 0 Å². The van der Waals surface area contributed by atoms with Crippen LogP contribution in [0.25, 0.3) is 0 Å². The summed E-state index contributed by atoms with van der Waals surface area (Å²) in [7, 11) is -2.17. The molecule has 0 aromatic carbocycles. The van der Waals surface area contributed by atoms with Gasteiger partial charge in [-0.15, -0.1) is 0 Å². The van der Waals surface area contributed by atoms with Gasteiger partial charge in [-0.2, -0.15) is 0 Å². The minimum absolute atomic E-state index is 0. The first-order valence-electron chi connectivity index (χ1n) is 1.03. The first kappa shape index (κ1) is 22.7. The van der Waals surface area contributed by atoms with E-state index in [0.717, 1.165) is 0 Å². The fraction of sp³-hybridized carbons (Fsp3) is 0. The maximum Gasteiger partial charge on any atom is 1.00 e. The summed E-state index contributed by atoms with van der Waals surface area (Å²) in [5.41, 5.74) is 0. The molecule has 0 saturated heterocycles. The zero-order valence-corrected chi connectivity index (χ0v) is 8.94. The molecule has 4 nitrogen and oxygen atoms in total. The molecule has 0 heterocycles. The number of nitriles is 1. The largest absolute Gasteiger partial charge is 1.00 e. The SMILES string of the molecule is C#N.OB(O)O.[H-].[H-].[Na+].[Na+]. The summed E-state index contributed by atoms with van der Waals surface area (Å²) in [5.74, 6) is 0.